The fourth-order valence-electron chi connectivity index (χ4n) is 2.59. The van der Waals surface area contributed by atoms with Gasteiger partial charge in [-0.2, -0.15) is 0 Å². The maximum atomic E-state index is 11.3. The Bertz CT molecular complexity index is 264. The molecule has 4 nitrogen and oxygen atoms in total. The molecule has 0 aromatic carbocycles. The number of carbonyl (C=O) groups is 1. The lowest BCUT2D eigenvalue weighted by atomic mass is 9.84. The van der Waals surface area contributed by atoms with Crippen LogP contribution >= 0.6 is 0 Å². The van der Waals surface area contributed by atoms with Crippen LogP contribution in [0.4, 0.5) is 0 Å². The number of ether oxygens (including phenoxy) is 3. The summed E-state index contributed by atoms with van der Waals surface area (Å²) in [6.07, 6.45) is -0.761. The van der Waals surface area contributed by atoms with Crippen LogP contribution in [0.25, 0.3) is 0 Å². The van der Waals surface area contributed by atoms with Gasteiger partial charge in [0.2, 0.25) is 6.29 Å². The molecule has 3 fully saturated rings. The summed E-state index contributed by atoms with van der Waals surface area (Å²) in [4.78, 5) is 11.3. The first-order chi connectivity index (χ1) is 6.18. The average molecular weight is 184 g/mol. The lowest BCUT2D eigenvalue weighted by molar-refractivity contribution is -0.225. The Morgan fingerprint density at radius 2 is 1.85 bits per heavy atom. The molecule has 0 radical (unpaired) electrons. The molecule has 0 N–H and O–H groups in total. The van der Waals surface area contributed by atoms with Gasteiger partial charge in [0, 0.05) is 11.8 Å². The fraction of sp³-hybridized carbons (Fsp3) is 0.889. The van der Waals surface area contributed by atoms with Gasteiger partial charge in [-0.3, -0.25) is 0 Å². The molecule has 6 atom stereocenters. The van der Waals surface area contributed by atoms with Gasteiger partial charge in [-0.15, -0.1) is 0 Å². The maximum Gasteiger partial charge on any atom is 0.338 e. The number of hydrogen-bond donors (Lipinski definition) is 0. The van der Waals surface area contributed by atoms with Crippen LogP contribution in [0.2, 0.25) is 0 Å². The maximum absolute atomic E-state index is 11.3. The minimum absolute atomic E-state index is 0.0381. The second-order valence-electron chi connectivity index (χ2n) is 4.15. The van der Waals surface area contributed by atoms with Gasteiger partial charge in [0.1, 0.15) is 6.10 Å². The molecular weight excluding hydrogens is 172 g/mol. The molecule has 0 amide bonds. The van der Waals surface area contributed by atoms with E-state index in [9.17, 15) is 4.79 Å². The number of carbonyl (C=O) groups excluding carboxylic acids is 1. The van der Waals surface area contributed by atoms with Crippen molar-refractivity contribution in [3.8, 4) is 0 Å². The summed E-state index contributed by atoms with van der Waals surface area (Å²) in [5.41, 5.74) is 0. The van der Waals surface area contributed by atoms with E-state index in [4.69, 9.17) is 14.2 Å². The molecule has 3 rings (SSSR count). The summed E-state index contributed by atoms with van der Waals surface area (Å²) in [7, 11) is 0. The first kappa shape index (κ1) is 7.76. The first-order valence-electron chi connectivity index (χ1n) is 4.70. The van der Waals surface area contributed by atoms with Crippen LogP contribution in [0.15, 0.2) is 0 Å². The number of rotatable bonds is 0. The van der Waals surface area contributed by atoms with E-state index in [2.05, 4.69) is 6.92 Å². The van der Waals surface area contributed by atoms with E-state index >= 15 is 0 Å². The van der Waals surface area contributed by atoms with Gasteiger partial charge in [0.05, 0.1) is 6.10 Å². The van der Waals surface area contributed by atoms with Crippen LogP contribution in [-0.4, -0.2) is 30.6 Å². The Labute approximate surface area is 76.1 Å². The van der Waals surface area contributed by atoms with Gasteiger partial charge in [-0.1, -0.05) is 13.8 Å². The summed E-state index contributed by atoms with van der Waals surface area (Å²) < 4.78 is 16.3. The quantitative estimate of drug-likeness (QED) is 0.508. The van der Waals surface area contributed by atoms with Gasteiger partial charge in [-0.25, -0.2) is 4.79 Å². The van der Waals surface area contributed by atoms with Crippen LogP contribution in [0.5, 0.6) is 0 Å². The molecule has 0 saturated carbocycles. The standard InChI is InChI=1S/C9H12O4/c1-3-5-4(2)7-9(12-5)13-8(10)6(3)11-7/h3-7,9H,1-2H3. The molecule has 3 aliphatic heterocycles. The van der Waals surface area contributed by atoms with Crippen molar-refractivity contribution in [2.24, 2.45) is 11.8 Å². The van der Waals surface area contributed by atoms with E-state index in [1.165, 1.54) is 0 Å². The summed E-state index contributed by atoms with van der Waals surface area (Å²) in [5, 5.41) is 0. The summed E-state index contributed by atoms with van der Waals surface area (Å²) in [5.74, 6) is 0.193. The molecule has 4 heteroatoms. The first-order valence-corrected chi connectivity index (χ1v) is 4.70. The molecule has 3 heterocycles. The molecule has 0 spiro atoms. The Morgan fingerprint density at radius 1 is 1.08 bits per heavy atom. The highest BCUT2D eigenvalue weighted by Crippen LogP contribution is 2.44. The SMILES string of the molecule is CC1C2OC3C(OC2=O)OC1C3C. The van der Waals surface area contributed by atoms with Crippen molar-refractivity contribution >= 4 is 5.97 Å². The Hall–Kier alpha value is -0.610. The molecule has 3 bridgehead atoms. The molecular formula is C9H12O4. The van der Waals surface area contributed by atoms with E-state index in [0.717, 1.165) is 0 Å². The monoisotopic (exact) mass is 184 g/mol. The van der Waals surface area contributed by atoms with Crippen LogP contribution in [-0.2, 0) is 19.0 Å². The molecule has 0 aromatic heterocycles. The van der Waals surface area contributed by atoms with E-state index in [1.807, 2.05) is 6.92 Å². The van der Waals surface area contributed by atoms with Crippen LogP contribution in [0.3, 0.4) is 0 Å². The summed E-state index contributed by atoms with van der Waals surface area (Å²) in [6.45, 7) is 4.07. The molecule has 6 unspecified atom stereocenters. The van der Waals surface area contributed by atoms with Crippen molar-refractivity contribution in [2.45, 2.75) is 38.4 Å². The van der Waals surface area contributed by atoms with Gasteiger partial charge < -0.3 is 14.2 Å². The number of esters is 1. The zero-order valence-electron chi connectivity index (χ0n) is 7.60. The predicted molar refractivity (Wildman–Crippen MR) is 41.7 cm³/mol. The third kappa shape index (κ3) is 0.802. The zero-order chi connectivity index (χ0) is 9.16. The molecule has 3 aliphatic rings. The average Bonchev–Trinajstić information content (AvgIpc) is 2.25. The van der Waals surface area contributed by atoms with E-state index in [0.29, 0.717) is 5.92 Å². The third-order valence-electron chi connectivity index (χ3n) is 3.36. The lowest BCUT2D eigenvalue weighted by Crippen LogP contribution is -2.53. The van der Waals surface area contributed by atoms with Crippen LogP contribution in [0.1, 0.15) is 13.8 Å². The third-order valence-corrected chi connectivity index (χ3v) is 3.36. The Kier molecular flexibility index (Phi) is 1.34. The summed E-state index contributed by atoms with van der Waals surface area (Å²) in [6, 6.07) is 0. The minimum atomic E-state index is -0.450. The highest BCUT2D eigenvalue weighted by molar-refractivity contribution is 5.76. The minimum Gasteiger partial charge on any atom is -0.431 e. The normalized spacial score (nSPS) is 58.2. The van der Waals surface area contributed by atoms with E-state index < -0.39 is 12.4 Å². The van der Waals surface area contributed by atoms with Gasteiger partial charge in [0.25, 0.3) is 0 Å². The van der Waals surface area contributed by atoms with Crippen molar-refractivity contribution < 1.29 is 19.0 Å². The fourth-order valence-corrected chi connectivity index (χ4v) is 2.59. The lowest BCUT2D eigenvalue weighted by Gasteiger charge is -2.38. The van der Waals surface area contributed by atoms with Gasteiger partial charge in [0.15, 0.2) is 6.10 Å². The molecule has 0 aliphatic carbocycles. The Balaban J connectivity index is 2.02. The van der Waals surface area contributed by atoms with Crippen molar-refractivity contribution in [3.05, 3.63) is 0 Å². The van der Waals surface area contributed by atoms with Crippen molar-refractivity contribution in [1.82, 2.24) is 0 Å². The summed E-state index contributed by atoms with van der Waals surface area (Å²) >= 11 is 0. The smallest absolute Gasteiger partial charge is 0.338 e. The molecule has 72 valence electrons. The second kappa shape index (κ2) is 2.25. The van der Waals surface area contributed by atoms with Gasteiger partial charge in [-0.05, 0) is 0 Å². The highest BCUT2D eigenvalue weighted by Gasteiger charge is 2.59. The van der Waals surface area contributed by atoms with Crippen LogP contribution in [0, 0.1) is 11.8 Å². The van der Waals surface area contributed by atoms with Gasteiger partial charge >= 0.3 is 5.97 Å². The predicted octanol–water partition coefficient (Wildman–Crippen LogP) is 0.308. The van der Waals surface area contributed by atoms with Crippen molar-refractivity contribution in [2.75, 3.05) is 0 Å². The molecule has 13 heavy (non-hydrogen) atoms. The van der Waals surface area contributed by atoms with Crippen LogP contribution < -0.4 is 0 Å². The molecule has 0 aromatic rings. The Morgan fingerprint density at radius 3 is 2.62 bits per heavy atom. The topological polar surface area (TPSA) is 44.8 Å². The zero-order valence-corrected chi connectivity index (χ0v) is 7.60. The van der Waals surface area contributed by atoms with Crippen molar-refractivity contribution in [1.29, 1.82) is 0 Å². The van der Waals surface area contributed by atoms with E-state index in [-0.39, 0.29) is 24.1 Å². The van der Waals surface area contributed by atoms with E-state index in [1.54, 1.807) is 0 Å². The van der Waals surface area contributed by atoms with Crippen molar-refractivity contribution in [3.63, 3.8) is 0 Å². The second-order valence-corrected chi connectivity index (χ2v) is 4.15. The largest absolute Gasteiger partial charge is 0.431 e. The molecule has 3 saturated heterocycles. The number of hydrogen-bond acceptors (Lipinski definition) is 4. The number of fused-ring (bicyclic) bond motifs is 2. The highest BCUT2D eigenvalue weighted by atomic mass is 16.8.